The van der Waals surface area contributed by atoms with Crippen LogP contribution in [0.5, 0.6) is 0 Å². The highest BCUT2D eigenvalue weighted by atomic mass is 16.2. The van der Waals surface area contributed by atoms with Crippen LogP contribution in [0, 0.1) is 5.92 Å². The van der Waals surface area contributed by atoms with Crippen molar-refractivity contribution in [3.8, 4) is 0 Å². The second-order valence-corrected chi connectivity index (χ2v) is 7.86. The van der Waals surface area contributed by atoms with Crippen molar-refractivity contribution in [1.29, 1.82) is 0 Å². The number of likely N-dealkylation sites (N-methyl/N-ethyl adjacent to an activating group) is 1. The average Bonchev–Trinajstić information content (AvgIpc) is 2.74. The number of benzene rings is 1. The number of anilines is 1. The van der Waals surface area contributed by atoms with Gasteiger partial charge in [-0.1, -0.05) is 0 Å². The minimum atomic E-state index is 0.0838. The largest absolute Gasteiger partial charge is 0.371 e. The maximum absolute atomic E-state index is 12.9. The molecule has 2 aliphatic heterocycles. The molecule has 0 bridgehead atoms. The summed E-state index contributed by atoms with van der Waals surface area (Å²) in [6.45, 7) is 5.05. The van der Waals surface area contributed by atoms with Gasteiger partial charge < -0.3 is 14.7 Å². The number of carbonyl (C=O) groups is 3. The van der Waals surface area contributed by atoms with E-state index in [1.807, 2.05) is 29.2 Å². The highest BCUT2D eigenvalue weighted by molar-refractivity contribution is 5.80. The fourth-order valence-electron chi connectivity index (χ4n) is 3.87. The second kappa shape index (κ2) is 9.19. The Bertz CT molecular complexity index is 688. The average molecular weight is 386 g/mol. The predicted molar refractivity (Wildman–Crippen MR) is 108 cm³/mol. The molecular weight excluding hydrogens is 356 g/mol. The summed E-state index contributed by atoms with van der Waals surface area (Å²) in [4.78, 5) is 43.5. The summed E-state index contributed by atoms with van der Waals surface area (Å²) >= 11 is 0. The van der Waals surface area contributed by atoms with Crippen molar-refractivity contribution in [1.82, 2.24) is 14.7 Å². The molecule has 2 saturated heterocycles. The normalized spacial score (nSPS) is 18.8. The Hall–Kier alpha value is -2.41. The molecule has 0 radical (unpaired) electrons. The van der Waals surface area contributed by atoms with Crippen LogP contribution in [0.4, 0.5) is 5.69 Å². The third kappa shape index (κ3) is 4.90. The number of amides is 2. The number of aldehydes is 1. The molecule has 0 spiro atoms. The van der Waals surface area contributed by atoms with Crippen LogP contribution in [0.15, 0.2) is 24.3 Å². The van der Waals surface area contributed by atoms with Crippen LogP contribution in [0.1, 0.15) is 23.2 Å². The van der Waals surface area contributed by atoms with Crippen molar-refractivity contribution >= 4 is 23.8 Å². The molecule has 2 aliphatic rings. The number of carbonyl (C=O) groups excluding carboxylic acids is 3. The van der Waals surface area contributed by atoms with Crippen molar-refractivity contribution in [2.24, 2.45) is 5.92 Å². The van der Waals surface area contributed by atoms with Gasteiger partial charge in [-0.3, -0.25) is 19.3 Å². The lowest BCUT2D eigenvalue weighted by atomic mass is 9.94. The minimum absolute atomic E-state index is 0.0838. The molecule has 1 aromatic rings. The summed E-state index contributed by atoms with van der Waals surface area (Å²) < 4.78 is 0. The van der Waals surface area contributed by atoms with Gasteiger partial charge in [0.1, 0.15) is 6.29 Å². The topological polar surface area (TPSA) is 64.2 Å². The monoisotopic (exact) mass is 386 g/mol. The zero-order valence-corrected chi connectivity index (χ0v) is 16.8. The number of nitrogens with zero attached hydrogens (tertiary/aromatic N) is 4. The first kappa shape index (κ1) is 20.3. The summed E-state index contributed by atoms with van der Waals surface area (Å²) in [5, 5.41) is 0. The van der Waals surface area contributed by atoms with E-state index in [9.17, 15) is 14.4 Å². The van der Waals surface area contributed by atoms with Crippen LogP contribution in [0.25, 0.3) is 0 Å². The molecule has 0 saturated carbocycles. The minimum Gasteiger partial charge on any atom is -0.371 e. The molecule has 0 N–H and O–H groups in total. The van der Waals surface area contributed by atoms with E-state index in [0.29, 0.717) is 25.2 Å². The number of piperidine rings is 1. The van der Waals surface area contributed by atoms with Gasteiger partial charge in [-0.15, -0.1) is 0 Å². The van der Waals surface area contributed by atoms with Crippen LogP contribution in [-0.2, 0) is 9.59 Å². The number of piperazine rings is 1. The summed E-state index contributed by atoms with van der Waals surface area (Å²) in [6, 6.07) is 7.61. The lowest BCUT2D eigenvalue weighted by Crippen LogP contribution is -2.53. The summed E-state index contributed by atoms with van der Waals surface area (Å²) in [7, 11) is 3.54. The molecule has 152 valence electrons. The van der Waals surface area contributed by atoms with E-state index in [2.05, 4.69) is 9.80 Å². The van der Waals surface area contributed by atoms with Gasteiger partial charge in [-0.05, 0) is 37.1 Å². The molecule has 0 aliphatic carbocycles. The SMILES string of the molecule is CN(C)C(=O)CN1CCN(C(=O)C2CCN(c3ccc(C=O)cc3)CC2)CC1. The molecule has 0 unspecified atom stereocenters. The summed E-state index contributed by atoms with van der Waals surface area (Å²) in [5.74, 6) is 0.448. The van der Waals surface area contributed by atoms with Gasteiger partial charge >= 0.3 is 0 Å². The molecule has 2 amide bonds. The number of hydrogen-bond donors (Lipinski definition) is 0. The van der Waals surface area contributed by atoms with E-state index in [1.54, 1.807) is 19.0 Å². The fraction of sp³-hybridized carbons (Fsp3) is 0.571. The standard InChI is InChI=1S/C21H30N4O3/c1-22(2)20(27)15-23-11-13-25(14-12-23)21(28)18-7-9-24(10-8-18)19-5-3-17(16-26)4-6-19/h3-6,16,18H,7-15H2,1-2H3. The summed E-state index contributed by atoms with van der Waals surface area (Å²) in [5.41, 5.74) is 1.79. The molecule has 28 heavy (non-hydrogen) atoms. The van der Waals surface area contributed by atoms with Crippen LogP contribution in [0.2, 0.25) is 0 Å². The molecule has 0 atom stereocenters. The van der Waals surface area contributed by atoms with Gasteiger partial charge in [0, 0.05) is 70.5 Å². The lowest BCUT2D eigenvalue weighted by Gasteiger charge is -2.39. The molecule has 1 aromatic carbocycles. The Morgan fingerprint density at radius 1 is 1.00 bits per heavy atom. The molecule has 7 heteroatoms. The zero-order valence-electron chi connectivity index (χ0n) is 16.8. The lowest BCUT2D eigenvalue weighted by molar-refractivity contribution is -0.138. The first-order chi connectivity index (χ1) is 13.5. The Balaban J connectivity index is 1.45. The first-order valence-electron chi connectivity index (χ1n) is 9.99. The van der Waals surface area contributed by atoms with Gasteiger partial charge in [0.05, 0.1) is 6.54 Å². The van der Waals surface area contributed by atoms with Crippen LogP contribution >= 0.6 is 0 Å². The van der Waals surface area contributed by atoms with Crippen molar-refractivity contribution in [2.75, 3.05) is 64.8 Å². The predicted octanol–water partition coefficient (Wildman–Crippen LogP) is 0.948. The Kier molecular flexibility index (Phi) is 6.67. The van der Waals surface area contributed by atoms with E-state index >= 15 is 0 Å². The van der Waals surface area contributed by atoms with Crippen LogP contribution in [0.3, 0.4) is 0 Å². The Morgan fingerprint density at radius 3 is 2.14 bits per heavy atom. The smallest absolute Gasteiger partial charge is 0.236 e. The molecule has 3 rings (SSSR count). The summed E-state index contributed by atoms with van der Waals surface area (Å²) in [6.07, 6.45) is 2.56. The van der Waals surface area contributed by atoms with E-state index in [0.717, 1.165) is 51.0 Å². The van der Waals surface area contributed by atoms with Gasteiger partial charge in [-0.2, -0.15) is 0 Å². The first-order valence-corrected chi connectivity index (χ1v) is 9.99. The molecule has 2 fully saturated rings. The molecule has 7 nitrogen and oxygen atoms in total. The van der Waals surface area contributed by atoms with Crippen molar-refractivity contribution in [2.45, 2.75) is 12.8 Å². The van der Waals surface area contributed by atoms with Gasteiger partial charge in [0.2, 0.25) is 11.8 Å². The van der Waals surface area contributed by atoms with Gasteiger partial charge in [0.15, 0.2) is 0 Å². The second-order valence-electron chi connectivity index (χ2n) is 7.86. The highest BCUT2D eigenvalue weighted by Gasteiger charge is 2.30. The number of hydrogen-bond acceptors (Lipinski definition) is 5. The maximum atomic E-state index is 12.9. The quantitative estimate of drug-likeness (QED) is 0.705. The Labute approximate surface area is 166 Å². The zero-order chi connectivity index (χ0) is 20.1. The number of rotatable bonds is 5. The van der Waals surface area contributed by atoms with E-state index < -0.39 is 0 Å². The molecular formula is C21H30N4O3. The van der Waals surface area contributed by atoms with Crippen molar-refractivity contribution < 1.29 is 14.4 Å². The molecule has 0 aromatic heterocycles. The Morgan fingerprint density at radius 2 is 1.61 bits per heavy atom. The van der Waals surface area contributed by atoms with Gasteiger partial charge in [-0.25, -0.2) is 0 Å². The van der Waals surface area contributed by atoms with Crippen molar-refractivity contribution in [3.63, 3.8) is 0 Å². The van der Waals surface area contributed by atoms with E-state index in [-0.39, 0.29) is 17.7 Å². The van der Waals surface area contributed by atoms with Crippen LogP contribution in [-0.4, -0.2) is 92.7 Å². The molecule has 2 heterocycles. The van der Waals surface area contributed by atoms with Gasteiger partial charge in [0.25, 0.3) is 0 Å². The third-order valence-corrected chi connectivity index (χ3v) is 5.78. The van der Waals surface area contributed by atoms with E-state index in [4.69, 9.17) is 0 Å². The van der Waals surface area contributed by atoms with Crippen molar-refractivity contribution in [3.05, 3.63) is 29.8 Å². The third-order valence-electron chi connectivity index (χ3n) is 5.78. The van der Waals surface area contributed by atoms with E-state index in [1.165, 1.54) is 0 Å². The van der Waals surface area contributed by atoms with Crippen LogP contribution < -0.4 is 4.90 Å². The maximum Gasteiger partial charge on any atom is 0.236 e. The fourth-order valence-corrected chi connectivity index (χ4v) is 3.87. The highest BCUT2D eigenvalue weighted by Crippen LogP contribution is 2.25.